The van der Waals surface area contributed by atoms with E-state index in [2.05, 4.69) is 86.6 Å². The number of nitrogens with one attached hydrogen (secondary N) is 4. The Morgan fingerprint density at radius 3 is 2.19 bits per heavy atom. The van der Waals surface area contributed by atoms with Gasteiger partial charge in [-0.3, -0.25) is 20.6 Å². The Morgan fingerprint density at radius 1 is 0.811 bits per heavy atom. The molecule has 0 bridgehead atoms. The molecule has 0 saturated carbocycles. The normalized spacial score (nSPS) is 19.5. The summed E-state index contributed by atoms with van der Waals surface area (Å²) in [5.74, 6) is 2.47. The zero-order chi connectivity index (χ0) is 25.9. The molecule has 2 aliphatic heterocycles. The molecule has 0 radical (unpaired) electrons. The van der Waals surface area contributed by atoms with Crippen molar-refractivity contribution < 1.29 is 0 Å². The van der Waals surface area contributed by atoms with Gasteiger partial charge in [-0.05, 0) is 37.8 Å². The minimum atomic E-state index is 0.0320. The van der Waals surface area contributed by atoms with Crippen molar-refractivity contribution in [1.82, 2.24) is 26.2 Å². The van der Waals surface area contributed by atoms with Crippen molar-refractivity contribution in [2.75, 3.05) is 32.8 Å². The van der Waals surface area contributed by atoms with Gasteiger partial charge in [0.25, 0.3) is 0 Å². The molecule has 0 saturated heterocycles. The van der Waals surface area contributed by atoms with E-state index in [4.69, 9.17) is 20.7 Å². The van der Waals surface area contributed by atoms with Gasteiger partial charge < -0.3 is 21.3 Å². The summed E-state index contributed by atoms with van der Waals surface area (Å²) in [4.78, 5) is 20.8. The summed E-state index contributed by atoms with van der Waals surface area (Å²) in [5, 5.41) is 13.4. The predicted molar refractivity (Wildman–Crippen MR) is 152 cm³/mol. The first-order chi connectivity index (χ1) is 18.0. The predicted octanol–water partition coefficient (Wildman–Crippen LogP) is 1.28. The topological polar surface area (TPSA) is 127 Å². The molecule has 2 aromatic carbocycles. The van der Waals surface area contributed by atoms with Crippen LogP contribution in [0.4, 0.5) is 0 Å². The molecule has 0 amide bonds. The molecule has 0 spiro atoms. The van der Waals surface area contributed by atoms with E-state index in [-0.39, 0.29) is 12.1 Å². The fourth-order valence-corrected chi connectivity index (χ4v) is 3.99. The molecule has 2 aromatic rings. The van der Waals surface area contributed by atoms with Crippen molar-refractivity contribution in [2.45, 2.75) is 38.8 Å². The third-order valence-electron chi connectivity index (χ3n) is 6.01. The van der Waals surface area contributed by atoms with Gasteiger partial charge in [-0.25, -0.2) is 9.98 Å². The SMILES string of the molecule is CC1CN=C(NCN(CCc2ccccc2)C2=NC(C)CN=C(N)N2)NC(NCCc2ccccc2)=N1. The maximum Gasteiger partial charge on any atom is 0.202 e. The average molecular weight is 503 g/mol. The van der Waals surface area contributed by atoms with Crippen LogP contribution in [0.1, 0.15) is 25.0 Å². The van der Waals surface area contributed by atoms with Crippen molar-refractivity contribution in [2.24, 2.45) is 25.7 Å². The van der Waals surface area contributed by atoms with E-state index in [0.717, 1.165) is 31.9 Å². The van der Waals surface area contributed by atoms with E-state index in [1.807, 2.05) is 19.1 Å². The van der Waals surface area contributed by atoms with Crippen LogP contribution in [0.15, 0.2) is 80.6 Å². The molecular formula is C27H38N10. The van der Waals surface area contributed by atoms with Crippen LogP contribution < -0.4 is 27.0 Å². The highest BCUT2D eigenvalue weighted by Crippen LogP contribution is 2.05. The lowest BCUT2D eigenvalue weighted by Gasteiger charge is -2.27. The molecule has 0 aromatic heterocycles. The molecule has 10 heteroatoms. The zero-order valence-corrected chi connectivity index (χ0v) is 21.7. The fourth-order valence-electron chi connectivity index (χ4n) is 3.99. The third-order valence-corrected chi connectivity index (χ3v) is 6.01. The minimum absolute atomic E-state index is 0.0320. The van der Waals surface area contributed by atoms with E-state index in [0.29, 0.717) is 37.6 Å². The average Bonchev–Trinajstić information content (AvgIpc) is 3.19. The van der Waals surface area contributed by atoms with Crippen LogP contribution in [0.25, 0.3) is 0 Å². The first kappa shape index (κ1) is 26.0. The van der Waals surface area contributed by atoms with Gasteiger partial charge in [0, 0.05) is 13.1 Å². The standard InChI is InChI=1S/C27H38N10/c1-20-18-31-25(36-26(33-20)29-15-13-22-9-5-3-6-10-22)32-19-37(16-14-23-11-7-4-8-12-23)27-34-21(2)17-30-24(28)35-27/h3-12,20-21H,13-19H2,1-2H3,(H3,28,30,34,35)(H3,29,31,32,33,36). The van der Waals surface area contributed by atoms with Gasteiger partial charge in [-0.1, -0.05) is 60.7 Å². The van der Waals surface area contributed by atoms with Gasteiger partial charge in [0.1, 0.15) is 0 Å². The van der Waals surface area contributed by atoms with Crippen molar-refractivity contribution >= 4 is 23.8 Å². The van der Waals surface area contributed by atoms with Crippen LogP contribution in [-0.2, 0) is 12.8 Å². The smallest absolute Gasteiger partial charge is 0.202 e. The molecule has 10 nitrogen and oxygen atoms in total. The summed E-state index contributed by atoms with van der Waals surface area (Å²) >= 11 is 0. The van der Waals surface area contributed by atoms with Gasteiger partial charge in [0.2, 0.25) is 5.96 Å². The summed E-state index contributed by atoms with van der Waals surface area (Å²) in [7, 11) is 0. The Balaban J connectivity index is 1.39. The molecule has 2 heterocycles. The van der Waals surface area contributed by atoms with Crippen LogP contribution in [0.5, 0.6) is 0 Å². The Kier molecular flexibility index (Phi) is 9.34. The van der Waals surface area contributed by atoms with Crippen LogP contribution in [0.3, 0.4) is 0 Å². The van der Waals surface area contributed by atoms with E-state index < -0.39 is 0 Å². The van der Waals surface area contributed by atoms with Crippen molar-refractivity contribution in [3.05, 3.63) is 71.8 Å². The first-order valence-corrected chi connectivity index (χ1v) is 12.9. The number of rotatable bonds is 8. The lowest BCUT2D eigenvalue weighted by atomic mass is 10.1. The molecule has 0 aliphatic carbocycles. The lowest BCUT2D eigenvalue weighted by Crippen LogP contribution is -2.54. The Hall–Kier alpha value is -4.08. The van der Waals surface area contributed by atoms with Crippen molar-refractivity contribution in [3.63, 3.8) is 0 Å². The summed E-state index contributed by atoms with van der Waals surface area (Å²) in [6, 6.07) is 20.9. The number of hydrogen-bond donors (Lipinski definition) is 5. The third kappa shape index (κ3) is 8.52. The van der Waals surface area contributed by atoms with E-state index in [1.54, 1.807) is 0 Å². The molecule has 6 N–H and O–H groups in total. The highest BCUT2D eigenvalue weighted by molar-refractivity contribution is 6.00. The van der Waals surface area contributed by atoms with Crippen LogP contribution >= 0.6 is 0 Å². The highest BCUT2D eigenvalue weighted by Gasteiger charge is 2.18. The second kappa shape index (κ2) is 13.3. The zero-order valence-electron chi connectivity index (χ0n) is 21.7. The molecule has 196 valence electrons. The van der Waals surface area contributed by atoms with Crippen molar-refractivity contribution in [1.29, 1.82) is 0 Å². The quantitative estimate of drug-likeness (QED) is 0.346. The van der Waals surface area contributed by atoms with Crippen LogP contribution in [0, 0.1) is 0 Å². The first-order valence-electron chi connectivity index (χ1n) is 12.9. The molecule has 4 rings (SSSR count). The summed E-state index contributed by atoms with van der Waals surface area (Å²) in [5.41, 5.74) is 8.61. The molecule has 37 heavy (non-hydrogen) atoms. The van der Waals surface area contributed by atoms with E-state index >= 15 is 0 Å². The maximum atomic E-state index is 6.06. The van der Waals surface area contributed by atoms with Crippen molar-refractivity contribution in [3.8, 4) is 0 Å². The Labute approximate surface area is 219 Å². The second-order valence-electron chi connectivity index (χ2n) is 9.29. The van der Waals surface area contributed by atoms with Crippen LogP contribution in [-0.4, -0.2) is 73.7 Å². The number of nitrogens with zero attached hydrogens (tertiary/aromatic N) is 5. The second-order valence-corrected chi connectivity index (χ2v) is 9.29. The number of hydrogen-bond acceptors (Lipinski definition) is 10. The van der Waals surface area contributed by atoms with Gasteiger partial charge >= 0.3 is 0 Å². The highest BCUT2D eigenvalue weighted by atomic mass is 15.4. The minimum Gasteiger partial charge on any atom is -0.370 e. The molecule has 2 aliphatic rings. The molecular weight excluding hydrogens is 464 g/mol. The molecule has 2 unspecified atom stereocenters. The Bertz CT molecular complexity index is 1110. The summed E-state index contributed by atoms with van der Waals surface area (Å²) in [6.45, 7) is 7.25. The van der Waals surface area contributed by atoms with E-state index in [1.165, 1.54) is 11.1 Å². The lowest BCUT2D eigenvalue weighted by molar-refractivity contribution is 0.401. The van der Waals surface area contributed by atoms with Gasteiger partial charge in [-0.15, -0.1) is 0 Å². The largest absolute Gasteiger partial charge is 0.370 e. The number of aliphatic imine (C=N–C) groups is 4. The van der Waals surface area contributed by atoms with Gasteiger partial charge in [0.15, 0.2) is 17.9 Å². The Morgan fingerprint density at radius 2 is 1.46 bits per heavy atom. The van der Waals surface area contributed by atoms with Crippen LogP contribution in [0.2, 0.25) is 0 Å². The molecule has 0 fully saturated rings. The van der Waals surface area contributed by atoms with E-state index in [9.17, 15) is 0 Å². The monoisotopic (exact) mass is 502 g/mol. The number of nitrogens with two attached hydrogens (primary N) is 1. The molecule has 2 atom stereocenters. The number of guanidine groups is 4. The van der Waals surface area contributed by atoms with Gasteiger partial charge in [0.05, 0.1) is 31.8 Å². The van der Waals surface area contributed by atoms with Gasteiger partial charge in [-0.2, -0.15) is 0 Å². The summed E-state index contributed by atoms with van der Waals surface area (Å²) < 4.78 is 0. The fraction of sp³-hybridized carbons (Fsp3) is 0.407. The summed E-state index contributed by atoms with van der Waals surface area (Å²) in [6.07, 6.45) is 1.77. The maximum absolute atomic E-state index is 6.06. The number of benzene rings is 2.